The number of amides is 1. The highest BCUT2D eigenvalue weighted by Gasteiger charge is 2.36. The maximum Gasteiger partial charge on any atom is 0.404 e. The third-order valence-electron chi connectivity index (χ3n) is 5.24. The van der Waals surface area contributed by atoms with Crippen molar-refractivity contribution in [3.8, 4) is 0 Å². The van der Waals surface area contributed by atoms with Gasteiger partial charge in [0.15, 0.2) is 5.65 Å². The number of hydrogen-bond donors (Lipinski definition) is 1. The minimum Gasteiger partial charge on any atom is -0.446 e. The molecule has 1 aliphatic rings. The summed E-state index contributed by atoms with van der Waals surface area (Å²) in [5, 5.41) is 0.630. The number of nitrogens with zero attached hydrogens (tertiary/aromatic N) is 4. The van der Waals surface area contributed by atoms with Crippen LogP contribution in [0.2, 0.25) is 0 Å². The molecule has 0 radical (unpaired) electrons. The molecule has 1 saturated carbocycles. The molecule has 0 spiro atoms. The van der Waals surface area contributed by atoms with Crippen LogP contribution in [-0.2, 0) is 14.8 Å². The van der Waals surface area contributed by atoms with E-state index in [0.29, 0.717) is 29.7 Å². The van der Waals surface area contributed by atoms with Crippen LogP contribution in [0.3, 0.4) is 0 Å². The second kappa shape index (κ2) is 7.03. The van der Waals surface area contributed by atoms with Gasteiger partial charge in [0.25, 0.3) is 10.0 Å². The third-order valence-corrected chi connectivity index (χ3v) is 6.92. The maximum atomic E-state index is 13.1. The second-order valence-electron chi connectivity index (χ2n) is 7.16. The van der Waals surface area contributed by atoms with Gasteiger partial charge in [-0.2, -0.15) is 0 Å². The van der Waals surface area contributed by atoms with Gasteiger partial charge in [-0.15, -0.1) is 0 Å². The fraction of sp³-hybridized carbons (Fsp3) is 0.316. The number of carbonyl (C=O) groups is 1. The normalized spacial score (nSPS) is 19.0. The first-order valence-electron chi connectivity index (χ1n) is 9.10. The van der Waals surface area contributed by atoms with Crippen LogP contribution in [0.4, 0.5) is 10.6 Å². The van der Waals surface area contributed by atoms with E-state index in [2.05, 4.69) is 9.97 Å². The lowest BCUT2D eigenvalue weighted by Gasteiger charge is -2.40. The molecule has 2 aromatic heterocycles. The van der Waals surface area contributed by atoms with Crippen molar-refractivity contribution in [3.05, 3.63) is 48.4 Å². The zero-order valence-electron chi connectivity index (χ0n) is 16.0. The molecule has 0 aliphatic heterocycles. The molecule has 9 nitrogen and oxygen atoms in total. The lowest BCUT2D eigenvalue weighted by Crippen LogP contribution is -2.48. The number of ether oxygens (including phenoxy) is 1. The maximum absolute atomic E-state index is 13.1. The van der Waals surface area contributed by atoms with Crippen LogP contribution in [0.5, 0.6) is 0 Å². The first kappa shape index (κ1) is 19.2. The number of hydrogen-bond acceptors (Lipinski definition) is 7. The van der Waals surface area contributed by atoms with E-state index in [1.165, 1.54) is 16.5 Å². The summed E-state index contributed by atoms with van der Waals surface area (Å²) in [6, 6.07) is 8.48. The summed E-state index contributed by atoms with van der Waals surface area (Å²) in [6.45, 7) is 1.90. The number of anilines is 1. The Morgan fingerprint density at radius 2 is 1.90 bits per heavy atom. The van der Waals surface area contributed by atoms with E-state index in [1.807, 2.05) is 18.9 Å². The number of nitrogens with two attached hydrogens (primary N) is 1. The Morgan fingerprint density at radius 1 is 1.21 bits per heavy atom. The number of rotatable bonds is 5. The Kier molecular flexibility index (Phi) is 4.65. The van der Waals surface area contributed by atoms with Gasteiger partial charge < -0.3 is 15.4 Å². The van der Waals surface area contributed by atoms with Crippen molar-refractivity contribution in [2.24, 2.45) is 5.73 Å². The highest BCUT2D eigenvalue weighted by Crippen LogP contribution is 2.33. The molecule has 4 rings (SSSR count). The molecule has 0 unspecified atom stereocenters. The number of fused-ring (bicyclic) bond motifs is 1. The molecule has 1 fully saturated rings. The molecule has 0 saturated heterocycles. The summed E-state index contributed by atoms with van der Waals surface area (Å²) in [6.07, 6.45) is 3.13. The standard InChI is InChI=1S/C19H21N5O4S/c1-12-3-5-15(6-4-12)29(26,27)24-8-7-16-17(21-11-22-18(16)24)23(2)13-9-14(10-13)28-19(20)25/h3-8,11,13-14H,9-10H2,1-2H3,(H2,20,25). The van der Waals surface area contributed by atoms with E-state index in [-0.39, 0.29) is 17.0 Å². The van der Waals surface area contributed by atoms with Crippen LogP contribution in [0.1, 0.15) is 18.4 Å². The van der Waals surface area contributed by atoms with Gasteiger partial charge in [0.2, 0.25) is 0 Å². The molecule has 0 bridgehead atoms. The van der Waals surface area contributed by atoms with Crippen LogP contribution in [0, 0.1) is 6.92 Å². The van der Waals surface area contributed by atoms with E-state index in [4.69, 9.17) is 10.5 Å². The molecule has 2 N–H and O–H groups in total. The SMILES string of the molecule is Cc1ccc(S(=O)(=O)n2ccc3c(N(C)C4CC(OC(N)=O)C4)ncnc32)cc1. The van der Waals surface area contributed by atoms with Gasteiger partial charge in [-0.25, -0.2) is 27.2 Å². The molecule has 29 heavy (non-hydrogen) atoms. The minimum absolute atomic E-state index is 0.106. The third kappa shape index (κ3) is 3.39. The van der Waals surface area contributed by atoms with E-state index < -0.39 is 16.1 Å². The molecular weight excluding hydrogens is 394 g/mol. The highest BCUT2D eigenvalue weighted by molar-refractivity contribution is 7.90. The van der Waals surface area contributed by atoms with Crippen molar-refractivity contribution in [2.45, 2.75) is 36.8 Å². The first-order valence-corrected chi connectivity index (χ1v) is 10.5. The molecule has 152 valence electrons. The van der Waals surface area contributed by atoms with E-state index >= 15 is 0 Å². The van der Waals surface area contributed by atoms with Crippen molar-refractivity contribution in [3.63, 3.8) is 0 Å². The summed E-state index contributed by atoms with van der Waals surface area (Å²) < 4.78 is 32.3. The fourth-order valence-electron chi connectivity index (χ4n) is 3.50. The van der Waals surface area contributed by atoms with Gasteiger partial charge in [-0.3, -0.25) is 0 Å². The first-order chi connectivity index (χ1) is 13.8. The van der Waals surface area contributed by atoms with Crippen molar-refractivity contribution < 1.29 is 17.9 Å². The highest BCUT2D eigenvalue weighted by atomic mass is 32.2. The topological polar surface area (TPSA) is 120 Å². The zero-order valence-corrected chi connectivity index (χ0v) is 16.8. The van der Waals surface area contributed by atoms with Crippen LogP contribution in [0.25, 0.3) is 11.0 Å². The molecule has 1 aliphatic carbocycles. The average molecular weight is 415 g/mol. The van der Waals surface area contributed by atoms with Gasteiger partial charge in [0.1, 0.15) is 18.2 Å². The molecule has 3 aromatic rings. The van der Waals surface area contributed by atoms with E-state index in [0.717, 1.165) is 5.56 Å². The number of aryl methyl sites for hydroxylation is 1. The smallest absolute Gasteiger partial charge is 0.404 e. The monoisotopic (exact) mass is 415 g/mol. The van der Waals surface area contributed by atoms with Crippen LogP contribution < -0.4 is 10.6 Å². The molecule has 0 atom stereocenters. The summed E-state index contributed by atoms with van der Waals surface area (Å²) in [5.74, 6) is 0.621. The lowest BCUT2D eigenvalue weighted by atomic mass is 9.88. The predicted octanol–water partition coefficient (Wildman–Crippen LogP) is 2.04. The molecule has 1 amide bonds. The van der Waals surface area contributed by atoms with Crippen molar-refractivity contribution in [1.82, 2.24) is 13.9 Å². The van der Waals surface area contributed by atoms with Crippen LogP contribution >= 0.6 is 0 Å². The fourth-order valence-corrected chi connectivity index (χ4v) is 4.80. The number of benzene rings is 1. The van der Waals surface area contributed by atoms with E-state index in [1.54, 1.807) is 30.3 Å². The van der Waals surface area contributed by atoms with Crippen LogP contribution in [0.15, 0.2) is 47.8 Å². The number of aromatic nitrogens is 3. The van der Waals surface area contributed by atoms with Gasteiger partial charge in [0.05, 0.1) is 10.3 Å². The van der Waals surface area contributed by atoms with Crippen molar-refractivity contribution >= 4 is 33.0 Å². The van der Waals surface area contributed by atoms with Gasteiger partial charge >= 0.3 is 6.09 Å². The summed E-state index contributed by atoms with van der Waals surface area (Å²) in [5.41, 5.74) is 6.34. The summed E-state index contributed by atoms with van der Waals surface area (Å²) in [4.78, 5) is 21.6. The average Bonchev–Trinajstić information content (AvgIpc) is 3.09. The lowest BCUT2D eigenvalue weighted by molar-refractivity contribution is 0.0459. The molecule has 10 heteroatoms. The molecule has 2 heterocycles. The largest absolute Gasteiger partial charge is 0.446 e. The Morgan fingerprint density at radius 3 is 2.55 bits per heavy atom. The zero-order chi connectivity index (χ0) is 20.8. The Balaban J connectivity index is 1.65. The van der Waals surface area contributed by atoms with Crippen molar-refractivity contribution in [2.75, 3.05) is 11.9 Å². The van der Waals surface area contributed by atoms with Crippen molar-refractivity contribution in [1.29, 1.82) is 0 Å². The molecule has 1 aromatic carbocycles. The number of primary amides is 1. The van der Waals surface area contributed by atoms with Crippen LogP contribution in [-0.4, -0.2) is 47.6 Å². The quantitative estimate of drug-likeness (QED) is 0.677. The Bertz CT molecular complexity index is 1170. The minimum atomic E-state index is -3.78. The Hall–Kier alpha value is -3.14. The summed E-state index contributed by atoms with van der Waals surface area (Å²) >= 11 is 0. The van der Waals surface area contributed by atoms with E-state index in [9.17, 15) is 13.2 Å². The second-order valence-corrected chi connectivity index (χ2v) is 8.97. The van der Waals surface area contributed by atoms with Gasteiger partial charge in [0, 0.05) is 32.1 Å². The van der Waals surface area contributed by atoms with Gasteiger partial charge in [-0.1, -0.05) is 17.7 Å². The van der Waals surface area contributed by atoms with Gasteiger partial charge in [-0.05, 0) is 25.1 Å². The predicted molar refractivity (Wildman–Crippen MR) is 107 cm³/mol. The molecular formula is C19H21N5O4S. The Labute approximate surface area is 168 Å². The number of carbonyl (C=O) groups excluding carboxylic acids is 1. The summed E-state index contributed by atoms with van der Waals surface area (Å²) in [7, 11) is -1.91.